The Hall–Kier alpha value is -0.536. The third-order valence-electron chi connectivity index (χ3n) is 14.0. The molecule has 1 saturated heterocycles. The monoisotopic (exact) mass is 657 g/mol. The van der Waals surface area contributed by atoms with Crippen molar-refractivity contribution in [3.05, 3.63) is 11.1 Å². The molecule has 4 saturated carbocycles. The largest absolute Gasteiger partial charge is 0.417 e. The van der Waals surface area contributed by atoms with Gasteiger partial charge in [-0.3, -0.25) is 0 Å². The fourth-order valence-corrected chi connectivity index (χ4v) is 13.2. The van der Waals surface area contributed by atoms with Crippen molar-refractivity contribution in [1.29, 1.82) is 5.26 Å². The number of ether oxygens (including phenoxy) is 2. The highest BCUT2D eigenvalue weighted by Crippen LogP contribution is 2.69. The quantitative estimate of drug-likeness (QED) is 0.227. The first-order valence-corrected chi connectivity index (χ1v) is 24.7. The zero-order valence-electron chi connectivity index (χ0n) is 30.0. The first kappa shape index (κ1) is 34.3. The normalized spacial score (nSPS) is 41.8. The maximum atomic E-state index is 12.4. The summed E-state index contributed by atoms with van der Waals surface area (Å²) in [5.74, 6) is 1.87. The minimum Gasteiger partial charge on any atom is -0.417 e. The smallest absolute Gasteiger partial charge is 0.191 e. The molecule has 3 unspecified atom stereocenters. The number of fused-ring (bicyclic) bond motifs is 4. The van der Waals surface area contributed by atoms with Crippen LogP contribution in [0, 0.1) is 46.3 Å². The summed E-state index contributed by atoms with van der Waals surface area (Å²) in [5.41, 5.74) is 1.21. The van der Waals surface area contributed by atoms with Gasteiger partial charge in [0.2, 0.25) is 0 Å². The van der Waals surface area contributed by atoms with E-state index in [-0.39, 0.29) is 10.5 Å². The van der Waals surface area contributed by atoms with Crippen molar-refractivity contribution in [2.24, 2.45) is 35.0 Å². The van der Waals surface area contributed by atoms with Crippen molar-refractivity contribution in [1.82, 2.24) is 0 Å². The molecule has 0 aromatic rings. The Bertz CT molecular complexity index is 1200. The first-order chi connectivity index (χ1) is 20.9. The molecule has 1 aliphatic heterocycles. The highest BCUT2D eigenvalue weighted by Gasteiger charge is 2.67. The van der Waals surface area contributed by atoms with Crippen LogP contribution in [0.25, 0.3) is 0 Å². The summed E-state index contributed by atoms with van der Waals surface area (Å²) in [7, 11) is -3.73. The molecule has 6 nitrogen and oxygen atoms in total. The van der Waals surface area contributed by atoms with Crippen molar-refractivity contribution in [2.45, 2.75) is 160 Å². The van der Waals surface area contributed by atoms with E-state index < -0.39 is 33.6 Å². The molecule has 6 aliphatic rings. The van der Waals surface area contributed by atoms with E-state index in [4.69, 9.17) is 18.3 Å². The number of rotatable bonds is 6. The molecule has 8 heteroatoms. The molecule has 1 heterocycles. The van der Waals surface area contributed by atoms with E-state index >= 15 is 0 Å². The lowest BCUT2D eigenvalue weighted by Crippen LogP contribution is -2.58. The van der Waals surface area contributed by atoms with Crippen LogP contribution in [-0.4, -0.2) is 58.6 Å². The molecule has 5 aliphatic carbocycles. The Morgan fingerprint density at radius 2 is 1.60 bits per heavy atom. The number of hydrogen-bond acceptors (Lipinski definition) is 6. The Kier molecular flexibility index (Phi) is 8.79. The molecule has 6 rings (SSSR count). The number of nitrogens with zero attached hydrogens (tertiary/aromatic N) is 1. The van der Waals surface area contributed by atoms with E-state index in [1.165, 1.54) is 31.3 Å². The first-order valence-electron chi connectivity index (χ1n) is 18.4. The topological polar surface area (TPSA) is 80.9 Å². The zero-order chi connectivity index (χ0) is 32.7. The second-order valence-corrected chi connectivity index (χ2v) is 28.0. The lowest BCUT2D eigenvalue weighted by molar-refractivity contribution is -0.208. The van der Waals surface area contributed by atoms with E-state index in [2.05, 4.69) is 66.5 Å². The van der Waals surface area contributed by atoms with Gasteiger partial charge in [-0.05, 0) is 137 Å². The third kappa shape index (κ3) is 5.91. The molecular weight excluding hydrogens is 595 g/mol. The summed E-state index contributed by atoms with van der Waals surface area (Å²) in [6, 6.07) is 2.84. The molecular formula is C37H63NO5Si2. The second-order valence-electron chi connectivity index (χ2n) is 18.8. The summed E-state index contributed by atoms with van der Waals surface area (Å²) in [4.78, 5) is 0. The summed E-state index contributed by atoms with van der Waals surface area (Å²) < 4.78 is 26.0. The molecule has 5 fully saturated rings. The molecule has 0 radical (unpaired) electrons. The van der Waals surface area contributed by atoms with Crippen LogP contribution in [0.3, 0.4) is 0 Å². The molecule has 0 aromatic heterocycles. The van der Waals surface area contributed by atoms with Gasteiger partial charge in [-0.15, -0.1) is 0 Å². The van der Waals surface area contributed by atoms with Gasteiger partial charge in [-0.25, -0.2) is 0 Å². The van der Waals surface area contributed by atoms with Gasteiger partial charge >= 0.3 is 0 Å². The average Bonchev–Trinajstić information content (AvgIpc) is 3.51. The van der Waals surface area contributed by atoms with Crippen LogP contribution in [-0.2, 0) is 18.3 Å². The number of allylic oxidation sites excluding steroid dienone is 1. The Morgan fingerprint density at radius 1 is 0.933 bits per heavy atom. The Balaban J connectivity index is 1.31. The van der Waals surface area contributed by atoms with Gasteiger partial charge in [-0.1, -0.05) is 33.3 Å². The molecule has 1 spiro atoms. The maximum absolute atomic E-state index is 12.4. The standard InChI is InChI=1S/C37H63NO5Si2/c1-33(2,3)45(8,9)42-23-26-10-12-27(13-11-26)29-22-34(4)30(15-18-36(34,25-38)43-44(5,6)7)28-14-17-35(39)24-37(40-20-21-41-37)19-16-31(35)32(28)29/h26-30,39H,10-24H2,1-9H3/t26?,27?,28?,29-,30?,34+,35-,36?/m1/s1. The van der Waals surface area contributed by atoms with Gasteiger partial charge < -0.3 is 23.4 Å². The number of aliphatic hydroxyl groups is 1. The molecule has 254 valence electrons. The van der Waals surface area contributed by atoms with Crippen LogP contribution < -0.4 is 0 Å². The summed E-state index contributed by atoms with van der Waals surface area (Å²) >= 11 is 0. The van der Waals surface area contributed by atoms with Gasteiger partial charge in [0.05, 0.1) is 24.9 Å². The van der Waals surface area contributed by atoms with Crippen molar-refractivity contribution >= 4 is 16.6 Å². The van der Waals surface area contributed by atoms with E-state index in [0.717, 1.165) is 51.6 Å². The fraction of sp³-hybridized carbons (Fsp3) is 0.919. The molecule has 0 bridgehead atoms. The lowest BCUT2D eigenvalue weighted by atomic mass is 9.48. The van der Waals surface area contributed by atoms with Crippen LogP contribution in [0.1, 0.15) is 105 Å². The third-order valence-corrected chi connectivity index (χ3v) is 19.5. The van der Waals surface area contributed by atoms with Crippen molar-refractivity contribution < 1.29 is 23.4 Å². The summed E-state index contributed by atoms with van der Waals surface area (Å²) in [6.07, 6.45) is 11.8. The zero-order valence-corrected chi connectivity index (χ0v) is 32.0. The van der Waals surface area contributed by atoms with Gasteiger partial charge in [0.25, 0.3) is 0 Å². The SMILES string of the molecule is CC(C)(C)[Si](C)(C)OCC1CCC([C@H]2C[C@@]3(C)C(CCC3(C#N)O[Si](C)(C)C)C3CC[C@@]4(O)CC5(CCC4=C32)OCCO5)CC1. The van der Waals surface area contributed by atoms with Crippen LogP contribution in [0.4, 0.5) is 0 Å². The van der Waals surface area contributed by atoms with Crippen LogP contribution in [0.5, 0.6) is 0 Å². The molecule has 1 N–H and O–H groups in total. The van der Waals surface area contributed by atoms with Gasteiger partial charge in [0.1, 0.15) is 5.60 Å². The van der Waals surface area contributed by atoms with Crippen molar-refractivity contribution in [3.8, 4) is 6.07 Å². The molecule has 6 atom stereocenters. The average molecular weight is 658 g/mol. The van der Waals surface area contributed by atoms with Gasteiger partial charge in [0.15, 0.2) is 22.4 Å². The van der Waals surface area contributed by atoms with Gasteiger partial charge in [-0.2, -0.15) is 5.26 Å². The van der Waals surface area contributed by atoms with Crippen LogP contribution >= 0.6 is 0 Å². The predicted molar refractivity (Wildman–Crippen MR) is 183 cm³/mol. The Morgan fingerprint density at radius 3 is 2.20 bits per heavy atom. The summed E-state index contributed by atoms with van der Waals surface area (Å²) in [5, 5.41) is 23.6. The van der Waals surface area contributed by atoms with Crippen LogP contribution in [0.2, 0.25) is 37.8 Å². The lowest BCUT2D eigenvalue weighted by Gasteiger charge is -2.59. The van der Waals surface area contributed by atoms with Gasteiger partial charge in [0, 0.05) is 24.9 Å². The second kappa shape index (κ2) is 11.5. The van der Waals surface area contributed by atoms with E-state index in [9.17, 15) is 10.4 Å². The van der Waals surface area contributed by atoms with E-state index in [1.807, 2.05) is 0 Å². The summed E-state index contributed by atoms with van der Waals surface area (Å²) in [6.45, 7) is 23.1. The van der Waals surface area contributed by atoms with Crippen LogP contribution in [0.15, 0.2) is 11.1 Å². The highest BCUT2D eigenvalue weighted by molar-refractivity contribution is 6.74. The molecule has 0 aromatic carbocycles. The molecule has 0 amide bonds. The number of hydrogen-bond donors (Lipinski definition) is 1. The van der Waals surface area contributed by atoms with Crippen molar-refractivity contribution in [3.63, 3.8) is 0 Å². The maximum Gasteiger partial charge on any atom is 0.191 e. The molecule has 45 heavy (non-hydrogen) atoms. The van der Waals surface area contributed by atoms with Crippen molar-refractivity contribution in [2.75, 3.05) is 19.8 Å². The minimum absolute atomic E-state index is 0.174. The Labute approximate surface area is 276 Å². The highest BCUT2D eigenvalue weighted by atomic mass is 28.4. The van der Waals surface area contributed by atoms with E-state index in [1.54, 1.807) is 5.57 Å². The van der Waals surface area contributed by atoms with E-state index in [0.29, 0.717) is 49.2 Å². The predicted octanol–water partition coefficient (Wildman–Crippen LogP) is 8.73. The number of nitriles is 1. The minimum atomic E-state index is -1.96. The fourth-order valence-electron chi connectivity index (χ4n) is 10.7.